The molecule has 8 aromatic rings. The minimum absolute atomic E-state index is 0.598. The van der Waals surface area contributed by atoms with E-state index in [1.165, 1.54) is 43.2 Å². The van der Waals surface area contributed by atoms with Crippen molar-refractivity contribution in [2.45, 2.75) is 15.2 Å². The van der Waals surface area contributed by atoms with Crippen LogP contribution in [0.4, 0.5) is 0 Å². The lowest BCUT2D eigenvalue weighted by atomic mass is 9.66. The van der Waals surface area contributed by atoms with Gasteiger partial charge in [-0.2, -0.15) is 5.26 Å². The summed E-state index contributed by atoms with van der Waals surface area (Å²) in [5.74, 6) is 1.90. The van der Waals surface area contributed by atoms with Crippen molar-refractivity contribution in [1.29, 1.82) is 5.26 Å². The van der Waals surface area contributed by atoms with Crippen LogP contribution < -0.4 is 0 Å². The molecule has 0 amide bonds. The quantitative estimate of drug-likeness (QED) is 0.185. The van der Waals surface area contributed by atoms with E-state index in [0.717, 1.165) is 27.8 Å². The summed E-state index contributed by atoms with van der Waals surface area (Å²) in [5, 5.41) is 9.71. The van der Waals surface area contributed by atoms with Crippen molar-refractivity contribution in [2.75, 3.05) is 0 Å². The van der Waals surface area contributed by atoms with Crippen molar-refractivity contribution in [1.82, 2.24) is 15.0 Å². The van der Waals surface area contributed by atoms with E-state index < -0.39 is 5.41 Å². The zero-order valence-electron chi connectivity index (χ0n) is 27.9. The number of benzene rings is 7. The van der Waals surface area contributed by atoms with Gasteiger partial charge in [-0.15, -0.1) is 0 Å². The van der Waals surface area contributed by atoms with E-state index in [2.05, 4.69) is 97.1 Å². The van der Waals surface area contributed by atoms with Crippen LogP contribution in [0.5, 0.6) is 0 Å². The highest BCUT2D eigenvalue weighted by Gasteiger charge is 2.50. The van der Waals surface area contributed by atoms with Crippen molar-refractivity contribution in [3.05, 3.63) is 198 Å². The normalized spacial score (nSPS) is 13.1. The molecular weight excluding hydrogens is 653 g/mol. The summed E-state index contributed by atoms with van der Waals surface area (Å²) in [7, 11) is 0. The Balaban J connectivity index is 1.25. The molecule has 0 bridgehead atoms. The van der Waals surface area contributed by atoms with Crippen LogP contribution in [0.3, 0.4) is 0 Å². The molecule has 0 fully saturated rings. The first-order chi connectivity index (χ1) is 25.7. The number of nitrogens with zero attached hydrogens (tertiary/aromatic N) is 4. The third-order valence-corrected chi connectivity index (χ3v) is 11.4. The Kier molecular flexibility index (Phi) is 6.99. The Morgan fingerprint density at radius 1 is 0.404 bits per heavy atom. The van der Waals surface area contributed by atoms with Gasteiger partial charge >= 0.3 is 0 Å². The topological polar surface area (TPSA) is 62.5 Å². The van der Waals surface area contributed by atoms with Crippen LogP contribution in [0.2, 0.25) is 0 Å². The number of rotatable bonds is 4. The monoisotopic (exact) mass is 680 g/mol. The largest absolute Gasteiger partial charge is 0.208 e. The second-order valence-electron chi connectivity index (χ2n) is 13.1. The minimum atomic E-state index is -0.598. The van der Waals surface area contributed by atoms with E-state index in [4.69, 9.17) is 15.0 Å². The summed E-state index contributed by atoms with van der Waals surface area (Å²) >= 11 is 1.80. The average Bonchev–Trinajstić information content (AvgIpc) is 3.52. The van der Waals surface area contributed by atoms with Crippen molar-refractivity contribution < 1.29 is 0 Å². The van der Waals surface area contributed by atoms with Gasteiger partial charge in [-0.25, -0.2) is 15.0 Å². The molecule has 4 nitrogen and oxygen atoms in total. The standard InChI is InChI=1S/C47H28N4S/c48-29-30-12-11-17-33(26-30)34-22-24-42-40(27-34)47(38-20-9-7-18-36(38)37-19-8-10-21-39(37)47)41-28-35(23-25-43(41)52-42)46-50-44(31-13-3-1-4-14-31)49-45(51-46)32-15-5-2-6-16-32/h1-28H. The van der Waals surface area contributed by atoms with Gasteiger partial charge < -0.3 is 0 Å². The number of hydrogen-bond donors (Lipinski definition) is 0. The van der Waals surface area contributed by atoms with Gasteiger partial charge in [0.25, 0.3) is 0 Å². The van der Waals surface area contributed by atoms with E-state index in [0.29, 0.717) is 23.0 Å². The van der Waals surface area contributed by atoms with Crippen molar-refractivity contribution in [3.63, 3.8) is 0 Å². The van der Waals surface area contributed by atoms with Crippen LogP contribution in [0, 0.1) is 11.3 Å². The summed E-state index contributed by atoms with van der Waals surface area (Å²) in [6.45, 7) is 0. The second kappa shape index (κ2) is 12.0. The highest BCUT2D eigenvalue weighted by molar-refractivity contribution is 7.99. The number of nitriles is 1. The van der Waals surface area contributed by atoms with Crippen LogP contribution in [-0.4, -0.2) is 15.0 Å². The Morgan fingerprint density at radius 2 is 0.865 bits per heavy atom. The molecule has 0 atom stereocenters. The highest BCUT2D eigenvalue weighted by Crippen LogP contribution is 2.62. The maximum atomic E-state index is 9.71. The molecular formula is C47H28N4S. The molecule has 52 heavy (non-hydrogen) atoms. The Morgan fingerprint density at radius 3 is 1.44 bits per heavy atom. The number of fused-ring (bicyclic) bond motifs is 9. The molecule has 0 radical (unpaired) electrons. The average molecular weight is 681 g/mol. The summed E-state index contributed by atoms with van der Waals surface area (Å²) in [6.07, 6.45) is 0. The first kappa shape index (κ1) is 30.2. The number of hydrogen-bond acceptors (Lipinski definition) is 5. The zero-order valence-corrected chi connectivity index (χ0v) is 28.7. The second-order valence-corrected chi connectivity index (χ2v) is 14.2. The molecule has 7 aromatic carbocycles. The molecule has 0 saturated heterocycles. The van der Waals surface area contributed by atoms with E-state index in [1.54, 1.807) is 11.8 Å². The molecule has 10 rings (SSSR count). The number of aromatic nitrogens is 3. The fourth-order valence-corrected chi connectivity index (χ4v) is 9.08. The molecule has 1 aliphatic heterocycles. The van der Waals surface area contributed by atoms with Crippen molar-refractivity contribution in [3.8, 4) is 62.5 Å². The lowest BCUT2D eigenvalue weighted by Gasteiger charge is -2.40. The zero-order chi connectivity index (χ0) is 34.6. The molecule has 1 spiro atoms. The van der Waals surface area contributed by atoms with E-state index in [-0.39, 0.29) is 0 Å². The molecule has 1 aromatic heterocycles. The smallest absolute Gasteiger partial charge is 0.164 e. The van der Waals surface area contributed by atoms with Crippen molar-refractivity contribution >= 4 is 11.8 Å². The maximum absolute atomic E-state index is 9.71. The Bertz CT molecular complexity index is 2630. The van der Waals surface area contributed by atoms with E-state index in [1.807, 2.05) is 78.9 Å². The molecule has 242 valence electrons. The van der Waals surface area contributed by atoms with Crippen molar-refractivity contribution in [2.24, 2.45) is 0 Å². The fraction of sp³-hybridized carbons (Fsp3) is 0.0213. The summed E-state index contributed by atoms with van der Waals surface area (Å²) < 4.78 is 0. The molecule has 1 aliphatic carbocycles. The van der Waals surface area contributed by atoms with Gasteiger partial charge in [0.15, 0.2) is 17.5 Å². The third-order valence-electron chi connectivity index (χ3n) is 10.2. The summed E-state index contributed by atoms with van der Waals surface area (Å²) in [6, 6.07) is 61.6. The predicted molar refractivity (Wildman–Crippen MR) is 208 cm³/mol. The summed E-state index contributed by atoms with van der Waals surface area (Å²) in [5.41, 5.74) is 12.4. The van der Waals surface area contributed by atoms with Gasteiger partial charge in [-0.3, -0.25) is 0 Å². The molecule has 2 aliphatic rings. The minimum Gasteiger partial charge on any atom is -0.208 e. The maximum Gasteiger partial charge on any atom is 0.164 e. The lowest BCUT2D eigenvalue weighted by Crippen LogP contribution is -2.32. The lowest BCUT2D eigenvalue weighted by molar-refractivity contribution is 0.723. The van der Waals surface area contributed by atoms with Gasteiger partial charge in [-0.05, 0) is 80.9 Å². The first-order valence-electron chi connectivity index (χ1n) is 17.2. The molecule has 2 heterocycles. The fourth-order valence-electron chi connectivity index (χ4n) is 7.93. The molecule has 0 unspecified atom stereocenters. The van der Waals surface area contributed by atoms with Gasteiger partial charge in [-0.1, -0.05) is 145 Å². The molecule has 5 heteroatoms. The van der Waals surface area contributed by atoms with Gasteiger partial charge in [0, 0.05) is 26.5 Å². The van der Waals surface area contributed by atoms with Crippen LogP contribution in [0.25, 0.3) is 56.4 Å². The van der Waals surface area contributed by atoms with Crippen LogP contribution >= 0.6 is 11.8 Å². The predicted octanol–water partition coefficient (Wildman–Crippen LogP) is 11.2. The van der Waals surface area contributed by atoms with Gasteiger partial charge in [0.05, 0.1) is 17.0 Å². The highest BCUT2D eigenvalue weighted by atomic mass is 32.2. The molecule has 0 N–H and O–H groups in total. The molecule has 0 saturated carbocycles. The Labute approximate surface area is 306 Å². The van der Waals surface area contributed by atoms with Crippen LogP contribution in [-0.2, 0) is 5.41 Å². The third kappa shape index (κ3) is 4.66. The van der Waals surface area contributed by atoms with Gasteiger partial charge in [0.2, 0.25) is 0 Å². The van der Waals surface area contributed by atoms with E-state index >= 15 is 0 Å². The van der Waals surface area contributed by atoms with Crippen LogP contribution in [0.1, 0.15) is 27.8 Å². The summed E-state index contributed by atoms with van der Waals surface area (Å²) in [4.78, 5) is 17.6. The van der Waals surface area contributed by atoms with Gasteiger partial charge in [0.1, 0.15) is 0 Å². The van der Waals surface area contributed by atoms with E-state index in [9.17, 15) is 5.26 Å². The van der Waals surface area contributed by atoms with Crippen LogP contribution in [0.15, 0.2) is 180 Å². The first-order valence-corrected chi connectivity index (χ1v) is 18.1. The Hall–Kier alpha value is -6.61. The SMILES string of the molecule is N#Cc1cccc(-c2ccc3c(c2)C2(c4cc(-c5nc(-c6ccccc6)nc(-c6ccccc6)n5)ccc4S3)c3ccccc3-c3ccccc32)c1.